The maximum absolute atomic E-state index is 10.9. The second-order valence-electron chi connectivity index (χ2n) is 2.50. The van der Waals surface area contributed by atoms with Crippen molar-refractivity contribution in [2.45, 2.75) is 6.92 Å². The summed E-state index contributed by atoms with van der Waals surface area (Å²) in [6, 6.07) is 4.91. The van der Waals surface area contributed by atoms with Crippen molar-refractivity contribution < 1.29 is 14.4 Å². The van der Waals surface area contributed by atoms with Crippen molar-refractivity contribution in [2.24, 2.45) is 0 Å². The first-order valence-corrected chi connectivity index (χ1v) is 5.92. The molecule has 0 spiro atoms. The Kier molecular flexibility index (Phi) is 2.93. The van der Waals surface area contributed by atoms with Gasteiger partial charge in [-0.15, -0.1) is 0 Å². The summed E-state index contributed by atoms with van der Waals surface area (Å²) in [5, 5.41) is 0.105. The molecule has 1 aromatic rings. The van der Waals surface area contributed by atoms with Gasteiger partial charge in [0.2, 0.25) is 0 Å². The third-order valence-electron chi connectivity index (χ3n) is 1.42. The van der Waals surface area contributed by atoms with E-state index in [9.17, 15) is 4.57 Å². The zero-order valence-corrected chi connectivity index (χ0v) is 9.41. The van der Waals surface area contributed by atoms with E-state index in [0.717, 1.165) is 5.56 Å². The minimum absolute atomic E-state index is 0.105. The molecule has 3 nitrogen and oxygen atoms in total. The molecule has 0 aliphatic rings. The van der Waals surface area contributed by atoms with Gasteiger partial charge in [-0.25, -0.2) is 0 Å². The molecule has 2 N–H and O–H groups in total. The predicted molar refractivity (Wildman–Crippen MR) is 55.6 cm³/mol. The summed E-state index contributed by atoms with van der Waals surface area (Å²) in [6.45, 7) is 1.88. The topological polar surface area (TPSA) is 57.5 Å². The van der Waals surface area contributed by atoms with Crippen molar-refractivity contribution in [3.8, 4) is 0 Å². The van der Waals surface area contributed by atoms with E-state index < -0.39 is 7.60 Å². The molecule has 5 heteroatoms. The lowest BCUT2D eigenvalue weighted by molar-refractivity contribution is 0.387. The third kappa shape index (κ3) is 2.29. The summed E-state index contributed by atoms with van der Waals surface area (Å²) in [5.41, 5.74) is 0.997. The summed E-state index contributed by atoms with van der Waals surface area (Å²) in [6.07, 6.45) is 0. The summed E-state index contributed by atoms with van der Waals surface area (Å²) >= 11 is 1.92. The molecule has 0 saturated carbocycles. The number of rotatable bonds is 1. The van der Waals surface area contributed by atoms with Gasteiger partial charge in [0.25, 0.3) is 0 Å². The Labute approximate surface area is 84.1 Å². The molecule has 66 valence electrons. The van der Waals surface area contributed by atoms with Gasteiger partial charge in [0.15, 0.2) is 0 Å². The van der Waals surface area contributed by atoms with Crippen LogP contribution in [0.15, 0.2) is 18.2 Å². The van der Waals surface area contributed by atoms with Crippen LogP contribution in [0.1, 0.15) is 5.56 Å². The van der Waals surface area contributed by atoms with Crippen molar-refractivity contribution in [2.75, 3.05) is 0 Å². The fourth-order valence-electron chi connectivity index (χ4n) is 0.848. The molecule has 0 unspecified atom stereocenters. The first kappa shape index (κ1) is 10.2. The second-order valence-corrected chi connectivity index (χ2v) is 5.23. The van der Waals surface area contributed by atoms with Gasteiger partial charge in [0.1, 0.15) is 0 Å². The van der Waals surface area contributed by atoms with Crippen molar-refractivity contribution >= 4 is 35.5 Å². The van der Waals surface area contributed by atoms with E-state index >= 15 is 0 Å². The largest absolute Gasteiger partial charge is 0.357 e. The van der Waals surface area contributed by atoms with Crippen LogP contribution in [0.5, 0.6) is 0 Å². The average molecular weight is 298 g/mol. The van der Waals surface area contributed by atoms with Crippen LogP contribution in [0.2, 0.25) is 0 Å². The standard InChI is InChI=1S/C7H8IO3P/c1-5-2-3-7(6(8)4-5)12(9,10)11/h2-4H,1H3,(H2,9,10,11). The van der Waals surface area contributed by atoms with Gasteiger partial charge in [-0.1, -0.05) is 11.6 Å². The molecule has 12 heavy (non-hydrogen) atoms. The van der Waals surface area contributed by atoms with Gasteiger partial charge in [0, 0.05) is 3.57 Å². The molecule has 0 heterocycles. The predicted octanol–water partition coefficient (Wildman–Crippen LogP) is 1.40. The summed E-state index contributed by atoms with van der Waals surface area (Å²) in [7, 11) is -4.08. The summed E-state index contributed by atoms with van der Waals surface area (Å²) in [5.74, 6) is 0. The van der Waals surface area contributed by atoms with Gasteiger partial charge in [0.05, 0.1) is 5.30 Å². The Hall–Kier alpha value is 0.100. The summed E-state index contributed by atoms with van der Waals surface area (Å²) < 4.78 is 11.5. The van der Waals surface area contributed by atoms with E-state index in [1.165, 1.54) is 6.07 Å². The molecule has 0 fully saturated rings. The van der Waals surface area contributed by atoms with E-state index in [1.807, 2.05) is 29.5 Å². The van der Waals surface area contributed by atoms with Crippen LogP contribution in [0, 0.1) is 10.5 Å². The highest BCUT2D eigenvalue weighted by molar-refractivity contribution is 14.1. The monoisotopic (exact) mass is 298 g/mol. The van der Waals surface area contributed by atoms with E-state index in [-0.39, 0.29) is 5.30 Å². The smallest absolute Gasteiger partial charge is 0.321 e. The lowest BCUT2D eigenvalue weighted by Crippen LogP contribution is -2.07. The molecule has 0 aliphatic heterocycles. The highest BCUT2D eigenvalue weighted by Crippen LogP contribution is 2.35. The number of aryl methyl sites for hydroxylation is 1. The first-order chi connectivity index (χ1) is 5.41. The molecule has 0 radical (unpaired) electrons. The maximum atomic E-state index is 10.9. The summed E-state index contributed by atoms with van der Waals surface area (Å²) in [4.78, 5) is 17.7. The lowest BCUT2D eigenvalue weighted by atomic mass is 10.2. The molecule has 0 saturated heterocycles. The van der Waals surface area contributed by atoms with Gasteiger partial charge in [-0.2, -0.15) is 0 Å². The van der Waals surface area contributed by atoms with Crippen LogP contribution in [0.25, 0.3) is 0 Å². The van der Waals surface area contributed by atoms with E-state index in [1.54, 1.807) is 12.1 Å². The molecule has 0 aromatic heterocycles. The van der Waals surface area contributed by atoms with Crippen LogP contribution in [-0.4, -0.2) is 9.79 Å². The van der Waals surface area contributed by atoms with Crippen LogP contribution in [0.4, 0.5) is 0 Å². The molecular weight excluding hydrogens is 290 g/mol. The van der Waals surface area contributed by atoms with Crippen molar-refractivity contribution in [1.29, 1.82) is 0 Å². The Morgan fingerprint density at radius 3 is 2.42 bits per heavy atom. The quantitative estimate of drug-likeness (QED) is 0.609. The van der Waals surface area contributed by atoms with Gasteiger partial charge in [-0.3, -0.25) is 4.57 Å². The first-order valence-electron chi connectivity index (χ1n) is 3.23. The molecule has 1 rings (SSSR count). The fourth-order valence-corrected chi connectivity index (χ4v) is 3.07. The lowest BCUT2D eigenvalue weighted by Gasteiger charge is -2.06. The van der Waals surface area contributed by atoms with Gasteiger partial charge in [-0.05, 0) is 41.6 Å². The third-order valence-corrected chi connectivity index (χ3v) is 3.75. The Balaban J connectivity index is 3.28. The highest BCUT2D eigenvalue weighted by atomic mass is 127. The van der Waals surface area contributed by atoms with E-state index in [4.69, 9.17) is 9.79 Å². The molecular formula is C7H8IO3P. The maximum Gasteiger partial charge on any atom is 0.357 e. The Bertz CT molecular complexity index is 345. The second kappa shape index (κ2) is 3.46. The normalized spacial score (nSPS) is 11.7. The average Bonchev–Trinajstić information content (AvgIpc) is 1.83. The molecule has 0 bridgehead atoms. The van der Waals surface area contributed by atoms with Crippen molar-refractivity contribution in [1.82, 2.24) is 0 Å². The fraction of sp³-hybridized carbons (Fsp3) is 0.143. The Morgan fingerprint density at radius 2 is 2.00 bits per heavy atom. The minimum Gasteiger partial charge on any atom is -0.321 e. The molecule has 0 atom stereocenters. The molecule has 1 aromatic carbocycles. The van der Waals surface area contributed by atoms with Crippen LogP contribution < -0.4 is 5.30 Å². The van der Waals surface area contributed by atoms with Crippen molar-refractivity contribution in [3.63, 3.8) is 0 Å². The van der Waals surface area contributed by atoms with Crippen LogP contribution >= 0.6 is 30.2 Å². The minimum atomic E-state index is -4.08. The number of halogens is 1. The number of benzene rings is 1. The van der Waals surface area contributed by atoms with Crippen LogP contribution in [0.3, 0.4) is 0 Å². The van der Waals surface area contributed by atoms with E-state index in [0.29, 0.717) is 3.57 Å². The van der Waals surface area contributed by atoms with Crippen molar-refractivity contribution in [3.05, 3.63) is 27.3 Å². The van der Waals surface area contributed by atoms with E-state index in [2.05, 4.69) is 0 Å². The van der Waals surface area contributed by atoms with Gasteiger partial charge < -0.3 is 9.79 Å². The molecule has 0 amide bonds. The molecule has 0 aliphatic carbocycles. The zero-order chi connectivity index (χ0) is 9.35. The Morgan fingerprint density at radius 1 is 1.42 bits per heavy atom. The van der Waals surface area contributed by atoms with Crippen LogP contribution in [-0.2, 0) is 4.57 Å². The number of hydrogen-bond acceptors (Lipinski definition) is 1. The SMILES string of the molecule is Cc1ccc(P(=O)(O)O)c(I)c1. The van der Waals surface area contributed by atoms with Gasteiger partial charge >= 0.3 is 7.60 Å². The number of hydrogen-bond donors (Lipinski definition) is 2. The highest BCUT2D eigenvalue weighted by Gasteiger charge is 2.19. The zero-order valence-electron chi connectivity index (χ0n) is 6.36.